The van der Waals surface area contributed by atoms with Gasteiger partial charge in [-0.1, -0.05) is 66.7 Å². The molecule has 0 saturated carbocycles. The summed E-state index contributed by atoms with van der Waals surface area (Å²) in [4.78, 5) is 11.5. The van der Waals surface area contributed by atoms with Crippen LogP contribution in [0.1, 0.15) is 86.0 Å². The number of hydrogen-bond acceptors (Lipinski definition) is 1. The van der Waals surface area contributed by atoms with Crippen molar-refractivity contribution < 1.29 is 4.79 Å². The van der Waals surface area contributed by atoms with Crippen LogP contribution in [0.5, 0.6) is 0 Å². The maximum atomic E-state index is 11.5. The molecule has 0 aromatic heterocycles. The Kier molecular flexibility index (Phi) is 9.99. The Morgan fingerprint density at radius 2 is 1.47 bits per heavy atom. The fourth-order valence-corrected chi connectivity index (χ4v) is 2.05. The van der Waals surface area contributed by atoms with Gasteiger partial charge in [0.15, 0.2) is 0 Å². The zero-order valence-corrected chi connectivity index (χ0v) is 13.8. The van der Waals surface area contributed by atoms with Gasteiger partial charge in [-0.05, 0) is 24.2 Å². The minimum Gasteiger partial charge on any atom is -0.356 e. The second-order valence-corrected chi connectivity index (χ2v) is 7.38. The molecule has 0 heterocycles. The molecule has 114 valence electrons. The van der Waals surface area contributed by atoms with E-state index < -0.39 is 0 Å². The van der Waals surface area contributed by atoms with Gasteiger partial charge in [0.2, 0.25) is 5.91 Å². The summed E-state index contributed by atoms with van der Waals surface area (Å²) in [6.45, 7) is 12.0. The Balaban J connectivity index is 3.25. The SMILES string of the molecule is CC(C)CNC(=O)CCCCCCCCC(C)(C)C. The first-order chi connectivity index (χ1) is 8.81. The van der Waals surface area contributed by atoms with Gasteiger partial charge < -0.3 is 5.32 Å². The number of unbranched alkanes of at least 4 members (excludes halogenated alkanes) is 5. The zero-order chi connectivity index (χ0) is 14.7. The van der Waals surface area contributed by atoms with Gasteiger partial charge in [-0.15, -0.1) is 0 Å². The summed E-state index contributed by atoms with van der Waals surface area (Å²) in [5, 5.41) is 2.97. The first-order valence-electron chi connectivity index (χ1n) is 8.08. The van der Waals surface area contributed by atoms with Gasteiger partial charge in [0.25, 0.3) is 0 Å². The van der Waals surface area contributed by atoms with Crippen LogP contribution in [0.25, 0.3) is 0 Å². The van der Waals surface area contributed by atoms with Gasteiger partial charge in [0, 0.05) is 13.0 Å². The second-order valence-electron chi connectivity index (χ2n) is 7.38. The lowest BCUT2D eigenvalue weighted by molar-refractivity contribution is -0.121. The molecule has 0 atom stereocenters. The van der Waals surface area contributed by atoms with Crippen LogP contribution in [0, 0.1) is 11.3 Å². The van der Waals surface area contributed by atoms with Crippen molar-refractivity contribution >= 4 is 5.91 Å². The molecule has 2 heteroatoms. The molecule has 0 spiro atoms. The molecule has 2 nitrogen and oxygen atoms in total. The minimum atomic E-state index is 0.224. The maximum absolute atomic E-state index is 11.5. The van der Waals surface area contributed by atoms with Crippen molar-refractivity contribution in [3.63, 3.8) is 0 Å². The quantitative estimate of drug-likeness (QED) is 0.560. The maximum Gasteiger partial charge on any atom is 0.220 e. The summed E-state index contributed by atoms with van der Waals surface area (Å²) in [6, 6.07) is 0. The number of amides is 1. The molecular weight excluding hydrogens is 234 g/mol. The number of hydrogen-bond donors (Lipinski definition) is 1. The van der Waals surface area contributed by atoms with Gasteiger partial charge in [-0.25, -0.2) is 0 Å². The standard InChI is InChI=1S/C17H35NO/c1-15(2)14-18-16(19)12-10-8-6-7-9-11-13-17(3,4)5/h15H,6-14H2,1-5H3,(H,18,19). The van der Waals surface area contributed by atoms with Crippen molar-refractivity contribution in [3.05, 3.63) is 0 Å². The smallest absolute Gasteiger partial charge is 0.220 e. The van der Waals surface area contributed by atoms with Crippen LogP contribution >= 0.6 is 0 Å². The molecule has 0 aliphatic carbocycles. The van der Waals surface area contributed by atoms with E-state index in [2.05, 4.69) is 39.9 Å². The fourth-order valence-electron chi connectivity index (χ4n) is 2.05. The molecule has 0 unspecified atom stereocenters. The van der Waals surface area contributed by atoms with Crippen LogP contribution in [0.15, 0.2) is 0 Å². The molecule has 0 aliphatic rings. The molecule has 19 heavy (non-hydrogen) atoms. The van der Waals surface area contributed by atoms with E-state index in [0.29, 0.717) is 17.8 Å². The monoisotopic (exact) mass is 269 g/mol. The van der Waals surface area contributed by atoms with Crippen LogP contribution in [0.4, 0.5) is 0 Å². The molecule has 0 saturated heterocycles. The summed E-state index contributed by atoms with van der Waals surface area (Å²) >= 11 is 0. The predicted octanol–water partition coefficient (Wildman–Crippen LogP) is 4.93. The van der Waals surface area contributed by atoms with E-state index in [-0.39, 0.29) is 5.91 Å². The van der Waals surface area contributed by atoms with Crippen molar-refractivity contribution in [1.29, 1.82) is 0 Å². The highest BCUT2D eigenvalue weighted by Crippen LogP contribution is 2.22. The number of carbonyl (C=O) groups excluding carboxylic acids is 1. The van der Waals surface area contributed by atoms with E-state index in [0.717, 1.165) is 13.0 Å². The molecule has 0 aromatic rings. The predicted molar refractivity (Wildman–Crippen MR) is 84.2 cm³/mol. The lowest BCUT2D eigenvalue weighted by Crippen LogP contribution is -2.26. The first kappa shape index (κ1) is 18.5. The summed E-state index contributed by atoms with van der Waals surface area (Å²) in [5.41, 5.74) is 0.481. The Morgan fingerprint density at radius 1 is 0.947 bits per heavy atom. The highest BCUT2D eigenvalue weighted by molar-refractivity contribution is 5.75. The van der Waals surface area contributed by atoms with Crippen molar-refractivity contribution in [3.8, 4) is 0 Å². The Morgan fingerprint density at radius 3 is 2.00 bits per heavy atom. The van der Waals surface area contributed by atoms with Crippen molar-refractivity contribution in [1.82, 2.24) is 5.32 Å². The van der Waals surface area contributed by atoms with Crippen LogP contribution in [-0.2, 0) is 4.79 Å². The van der Waals surface area contributed by atoms with Gasteiger partial charge in [-0.3, -0.25) is 4.79 Å². The highest BCUT2D eigenvalue weighted by atomic mass is 16.1. The molecule has 1 amide bonds. The van der Waals surface area contributed by atoms with E-state index in [1.807, 2.05) is 0 Å². The van der Waals surface area contributed by atoms with Gasteiger partial charge >= 0.3 is 0 Å². The lowest BCUT2D eigenvalue weighted by Gasteiger charge is -2.17. The largest absolute Gasteiger partial charge is 0.356 e. The van der Waals surface area contributed by atoms with Crippen molar-refractivity contribution in [2.75, 3.05) is 6.54 Å². The molecular formula is C17H35NO. The van der Waals surface area contributed by atoms with Gasteiger partial charge in [0.05, 0.1) is 0 Å². The van der Waals surface area contributed by atoms with Crippen LogP contribution in [-0.4, -0.2) is 12.5 Å². The number of nitrogens with one attached hydrogen (secondary N) is 1. The summed E-state index contributed by atoms with van der Waals surface area (Å²) in [5.74, 6) is 0.771. The van der Waals surface area contributed by atoms with E-state index >= 15 is 0 Å². The lowest BCUT2D eigenvalue weighted by atomic mass is 9.89. The normalized spacial score (nSPS) is 11.9. The summed E-state index contributed by atoms with van der Waals surface area (Å²) in [6.07, 6.45) is 9.56. The van der Waals surface area contributed by atoms with E-state index in [1.165, 1.54) is 38.5 Å². The highest BCUT2D eigenvalue weighted by Gasteiger charge is 2.08. The number of rotatable bonds is 10. The fraction of sp³-hybridized carbons (Fsp3) is 0.941. The molecule has 0 bridgehead atoms. The summed E-state index contributed by atoms with van der Waals surface area (Å²) in [7, 11) is 0. The molecule has 0 rings (SSSR count). The molecule has 0 fully saturated rings. The number of carbonyl (C=O) groups is 1. The Bertz CT molecular complexity index is 228. The average Bonchev–Trinajstić information content (AvgIpc) is 2.28. The molecule has 1 N–H and O–H groups in total. The molecule has 0 radical (unpaired) electrons. The first-order valence-corrected chi connectivity index (χ1v) is 8.08. The van der Waals surface area contributed by atoms with E-state index in [9.17, 15) is 4.79 Å². The van der Waals surface area contributed by atoms with Crippen LogP contribution in [0.2, 0.25) is 0 Å². The minimum absolute atomic E-state index is 0.224. The Hall–Kier alpha value is -0.530. The molecule has 0 aliphatic heterocycles. The topological polar surface area (TPSA) is 29.1 Å². The average molecular weight is 269 g/mol. The van der Waals surface area contributed by atoms with Gasteiger partial charge in [-0.2, -0.15) is 0 Å². The molecule has 0 aromatic carbocycles. The zero-order valence-electron chi connectivity index (χ0n) is 13.8. The second kappa shape index (κ2) is 10.3. The third kappa shape index (κ3) is 15.4. The van der Waals surface area contributed by atoms with Crippen LogP contribution < -0.4 is 5.32 Å². The van der Waals surface area contributed by atoms with Gasteiger partial charge in [0.1, 0.15) is 0 Å². The third-order valence-corrected chi connectivity index (χ3v) is 3.29. The Labute approximate surface area is 120 Å². The van der Waals surface area contributed by atoms with Crippen molar-refractivity contribution in [2.24, 2.45) is 11.3 Å². The van der Waals surface area contributed by atoms with E-state index in [1.54, 1.807) is 0 Å². The summed E-state index contributed by atoms with van der Waals surface area (Å²) < 4.78 is 0. The van der Waals surface area contributed by atoms with E-state index in [4.69, 9.17) is 0 Å². The third-order valence-electron chi connectivity index (χ3n) is 3.29. The van der Waals surface area contributed by atoms with Crippen molar-refractivity contribution in [2.45, 2.75) is 86.0 Å². The van der Waals surface area contributed by atoms with Crippen LogP contribution in [0.3, 0.4) is 0 Å².